The average Bonchev–Trinajstić information content (AvgIpc) is 2.83. The Bertz CT molecular complexity index is 1250. The van der Waals surface area contributed by atoms with Gasteiger partial charge in [0.1, 0.15) is 5.82 Å². The number of aromatic nitrogens is 2. The summed E-state index contributed by atoms with van der Waals surface area (Å²) in [5.41, 5.74) is -0.398. The van der Waals surface area contributed by atoms with Crippen molar-refractivity contribution in [3.05, 3.63) is 61.3 Å². The largest absolute Gasteiger partial charge is 0.355 e. The van der Waals surface area contributed by atoms with Crippen molar-refractivity contribution in [3.8, 4) is 0 Å². The van der Waals surface area contributed by atoms with Gasteiger partial charge in [-0.1, -0.05) is 0 Å². The zero-order valence-electron chi connectivity index (χ0n) is 19.6. The Labute approximate surface area is 197 Å². The number of hydrogen-bond acceptors (Lipinski definition) is 8. The summed E-state index contributed by atoms with van der Waals surface area (Å²) in [6.45, 7) is 5.20. The maximum absolute atomic E-state index is 12.6. The van der Waals surface area contributed by atoms with Gasteiger partial charge in [-0.15, -0.1) is 0 Å². The molecule has 0 amide bonds. The molecule has 0 unspecified atom stereocenters. The fraction of sp³-hybridized carbons (Fsp3) is 0.524. The fourth-order valence-electron chi connectivity index (χ4n) is 3.99. The molecule has 13 heteroatoms. The van der Waals surface area contributed by atoms with Crippen molar-refractivity contribution >= 4 is 27.2 Å². The highest BCUT2D eigenvalue weighted by atomic mass is 32.2. The number of nitro groups is 1. The van der Waals surface area contributed by atoms with Crippen LogP contribution in [0.3, 0.4) is 0 Å². The first-order valence-corrected chi connectivity index (χ1v) is 12.7. The molecule has 1 aliphatic rings. The fourth-order valence-corrected chi connectivity index (χ4v) is 5.15. The summed E-state index contributed by atoms with van der Waals surface area (Å²) in [5.74, 6) is 0.518. The summed E-state index contributed by atoms with van der Waals surface area (Å²) < 4.78 is 29.1. The summed E-state index contributed by atoms with van der Waals surface area (Å²) >= 11 is 0. The standard InChI is InChI=1S/C21H30N6O6S/c1-4-34(32,33)26(17-6-8-18(9-7-17)27(30)31)11-5-10-24-12-14-25(15-13-24)19-16-20(28)23(3)21(29)22(19)2/h6-9,16H,4-5,10-15H2,1-3H3. The highest BCUT2D eigenvalue weighted by molar-refractivity contribution is 7.92. The summed E-state index contributed by atoms with van der Waals surface area (Å²) in [4.78, 5) is 38.8. The first kappa shape index (κ1) is 25.4. The van der Waals surface area contributed by atoms with Gasteiger partial charge in [0, 0.05) is 71.6 Å². The van der Waals surface area contributed by atoms with Crippen LogP contribution < -0.4 is 20.5 Å². The number of rotatable bonds is 9. The molecular weight excluding hydrogens is 464 g/mol. The Morgan fingerprint density at radius 2 is 1.65 bits per heavy atom. The van der Waals surface area contributed by atoms with Crippen molar-refractivity contribution in [1.82, 2.24) is 14.0 Å². The molecule has 0 radical (unpaired) electrons. The van der Waals surface area contributed by atoms with E-state index in [9.17, 15) is 28.1 Å². The molecule has 0 N–H and O–H groups in total. The number of hydrogen-bond donors (Lipinski definition) is 0. The van der Waals surface area contributed by atoms with Crippen molar-refractivity contribution < 1.29 is 13.3 Å². The minimum absolute atomic E-state index is 0.0715. The van der Waals surface area contributed by atoms with Crippen LogP contribution in [0.15, 0.2) is 39.9 Å². The molecule has 0 aliphatic carbocycles. The van der Waals surface area contributed by atoms with Gasteiger partial charge in [0.2, 0.25) is 10.0 Å². The number of sulfonamides is 1. The normalized spacial score (nSPS) is 14.9. The molecule has 0 spiro atoms. The maximum Gasteiger partial charge on any atom is 0.332 e. The van der Waals surface area contributed by atoms with Crippen LogP contribution in [-0.2, 0) is 24.1 Å². The molecule has 186 valence electrons. The van der Waals surface area contributed by atoms with Crippen LogP contribution in [0.25, 0.3) is 0 Å². The highest BCUT2D eigenvalue weighted by Crippen LogP contribution is 2.23. The van der Waals surface area contributed by atoms with Crippen LogP contribution in [0, 0.1) is 10.1 Å². The molecule has 1 aromatic carbocycles. The second kappa shape index (κ2) is 10.4. The van der Waals surface area contributed by atoms with E-state index in [2.05, 4.69) is 4.90 Å². The van der Waals surface area contributed by atoms with Gasteiger partial charge >= 0.3 is 5.69 Å². The van der Waals surface area contributed by atoms with Crippen LogP contribution in [0.4, 0.5) is 17.2 Å². The van der Waals surface area contributed by atoms with Gasteiger partial charge in [0.25, 0.3) is 11.2 Å². The first-order chi connectivity index (χ1) is 16.0. The first-order valence-electron chi connectivity index (χ1n) is 11.0. The molecule has 1 aromatic heterocycles. The maximum atomic E-state index is 12.6. The third-order valence-electron chi connectivity index (χ3n) is 6.08. The SMILES string of the molecule is CCS(=O)(=O)N(CCCN1CCN(c2cc(=O)n(C)c(=O)n2C)CC1)c1ccc([N+](=O)[O-])cc1. The molecule has 0 saturated carbocycles. The molecule has 2 heterocycles. The van der Waals surface area contributed by atoms with Crippen LogP contribution in [-0.4, -0.2) is 72.4 Å². The molecule has 34 heavy (non-hydrogen) atoms. The predicted octanol–water partition coefficient (Wildman–Crippen LogP) is 0.361. The second-order valence-corrected chi connectivity index (χ2v) is 10.4. The van der Waals surface area contributed by atoms with Crippen molar-refractivity contribution in [2.75, 3.05) is 54.2 Å². The van der Waals surface area contributed by atoms with E-state index in [1.54, 1.807) is 14.0 Å². The molecule has 1 saturated heterocycles. The van der Waals surface area contributed by atoms with Gasteiger partial charge in [-0.05, 0) is 25.5 Å². The van der Waals surface area contributed by atoms with Gasteiger partial charge < -0.3 is 4.90 Å². The number of nitro benzene ring substituents is 1. The average molecular weight is 495 g/mol. The van der Waals surface area contributed by atoms with E-state index >= 15 is 0 Å². The van der Waals surface area contributed by atoms with Crippen molar-refractivity contribution in [3.63, 3.8) is 0 Å². The smallest absolute Gasteiger partial charge is 0.332 e. The predicted molar refractivity (Wildman–Crippen MR) is 130 cm³/mol. The van der Waals surface area contributed by atoms with E-state index in [0.29, 0.717) is 50.6 Å². The monoisotopic (exact) mass is 494 g/mol. The lowest BCUT2D eigenvalue weighted by Crippen LogP contribution is -2.49. The Kier molecular flexibility index (Phi) is 7.77. The van der Waals surface area contributed by atoms with E-state index in [4.69, 9.17) is 0 Å². The van der Waals surface area contributed by atoms with E-state index in [-0.39, 0.29) is 29.2 Å². The number of nitrogens with zero attached hydrogens (tertiary/aromatic N) is 6. The van der Waals surface area contributed by atoms with Gasteiger partial charge in [-0.25, -0.2) is 13.2 Å². The summed E-state index contributed by atoms with van der Waals surface area (Å²) in [6, 6.07) is 6.99. The molecule has 2 aromatic rings. The highest BCUT2D eigenvalue weighted by Gasteiger charge is 2.23. The molecule has 0 bridgehead atoms. The Hall–Kier alpha value is -3.19. The Balaban J connectivity index is 1.60. The van der Waals surface area contributed by atoms with E-state index in [1.165, 1.54) is 46.3 Å². The Morgan fingerprint density at radius 1 is 1.03 bits per heavy atom. The summed E-state index contributed by atoms with van der Waals surface area (Å²) in [5, 5.41) is 10.9. The minimum Gasteiger partial charge on any atom is -0.355 e. The van der Waals surface area contributed by atoms with Crippen LogP contribution >= 0.6 is 0 Å². The second-order valence-electron chi connectivity index (χ2n) is 8.17. The number of non-ortho nitro benzene ring substituents is 1. The molecule has 1 aliphatic heterocycles. The van der Waals surface area contributed by atoms with Crippen molar-refractivity contribution in [1.29, 1.82) is 0 Å². The van der Waals surface area contributed by atoms with Gasteiger partial charge in [-0.3, -0.25) is 33.2 Å². The zero-order valence-corrected chi connectivity index (χ0v) is 20.4. The van der Waals surface area contributed by atoms with Crippen molar-refractivity contribution in [2.45, 2.75) is 13.3 Å². The van der Waals surface area contributed by atoms with E-state index in [0.717, 1.165) is 4.57 Å². The lowest BCUT2D eigenvalue weighted by atomic mass is 10.2. The minimum atomic E-state index is -3.54. The number of piperazine rings is 1. The van der Waals surface area contributed by atoms with E-state index in [1.807, 2.05) is 4.90 Å². The van der Waals surface area contributed by atoms with Gasteiger partial charge in [0.15, 0.2) is 0 Å². The van der Waals surface area contributed by atoms with Crippen LogP contribution in [0.5, 0.6) is 0 Å². The topological polar surface area (TPSA) is 131 Å². The summed E-state index contributed by atoms with van der Waals surface area (Å²) in [6.07, 6.45) is 0.584. The van der Waals surface area contributed by atoms with Crippen molar-refractivity contribution in [2.24, 2.45) is 14.1 Å². The third-order valence-corrected chi connectivity index (χ3v) is 7.88. The van der Waals surface area contributed by atoms with Gasteiger partial charge in [0.05, 0.1) is 16.4 Å². The molecule has 12 nitrogen and oxygen atoms in total. The molecular formula is C21H30N6O6S. The van der Waals surface area contributed by atoms with Gasteiger partial charge in [-0.2, -0.15) is 0 Å². The van der Waals surface area contributed by atoms with Crippen LogP contribution in [0.2, 0.25) is 0 Å². The summed E-state index contributed by atoms with van der Waals surface area (Å²) in [7, 11) is -0.445. The molecule has 0 atom stereocenters. The number of benzene rings is 1. The van der Waals surface area contributed by atoms with Crippen LogP contribution in [0.1, 0.15) is 13.3 Å². The lowest BCUT2D eigenvalue weighted by molar-refractivity contribution is -0.384. The zero-order chi connectivity index (χ0) is 25.0. The number of anilines is 2. The molecule has 1 fully saturated rings. The van der Waals surface area contributed by atoms with E-state index < -0.39 is 14.9 Å². The quantitative estimate of drug-likeness (QED) is 0.361. The molecule has 3 rings (SSSR count). The third kappa shape index (κ3) is 5.47. The lowest BCUT2D eigenvalue weighted by Gasteiger charge is -2.36. The Morgan fingerprint density at radius 3 is 2.21 bits per heavy atom.